The Balaban J connectivity index is 2.45. The van der Waals surface area contributed by atoms with Gasteiger partial charge in [-0.25, -0.2) is 4.98 Å². The van der Waals surface area contributed by atoms with E-state index in [1.54, 1.807) is 6.20 Å². The Morgan fingerprint density at radius 1 is 1.53 bits per heavy atom. The number of aromatic amines is 1. The van der Waals surface area contributed by atoms with Crippen molar-refractivity contribution in [2.45, 2.75) is 33.3 Å². The fourth-order valence-corrected chi connectivity index (χ4v) is 1.44. The Labute approximate surface area is 88.7 Å². The van der Waals surface area contributed by atoms with Gasteiger partial charge >= 0.3 is 0 Å². The average molecular weight is 205 g/mol. The van der Waals surface area contributed by atoms with Crippen molar-refractivity contribution in [2.75, 3.05) is 0 Å². The maximum absolute atomic E-state index is 5.74. The molecule has 1 N–H and O–H groups in total. The average Bonchev–Trinajstić information content (AvgIpc) is 2.61. The number of nitrogens with zero attached hydrogens (tertiary/aromatic N) is 2. The summed E-state index contributed by atoms with van der Waals surface area (Å²) in [6.45, 7) is 6.10. The first-order chi connectivity index (χ1) is 7.22. The predicted molar refractivity (Wildman–Crippen MR) is 59.0 cm³/mol. The minimum Gasteiger partial charge on any atom is -0.474 e. The van der Waals surface area contributed by atoms with Crippen molar-refractivity contribution in [1.29, 1.82) is 0 Å². The van der Waals surface area contributed by atoms with E-state index in [2.05, 4.69) is 22.1 Å². The van der Waals surface area contributed by atoms with E-state index >= 15 is 0 Å². The van der Waals surface area contributed by atoms with E-state index in [1.165, 1.54) is 0 Å². The molecule has 2 heterocycles. The third-order valence-corrected chi connectivity index (χ3v) is 2.50. The number of nitrogens with one attached hydrogen (secondary N) is 1. The molecule has 0 aromatic carbocycles. The molecule has 2 rings (SSSR count). The molecular formula is C11H15N3O. The van der Waals surface area contributed by atoms with Crippen LogP contribution < -0.4 is 4.74 Å². The number of ether oxygens (including phenoxy) is 1. The standard InChI is InChI=1S/C11H15N3O/c1-4-7(2)15-11-10-8(3)13-14-9(10)5-6-12-11/h5-7H,4H2,1-3H3,(H,13,14)/t7-/m0/s1. The molecule has 4 heteroatoms. The molecule has 0 amide bonds. The number of H-pyrrole nitrogens is 1. The molecule has 0 aliphatic carbocycles. The largest absolute Gasteiger partial charge is 0.474 e. The van der Waals surface area contributed by atoms with Crippen molar-refractivity contribution in [2.24, 2.45) is 0 Å². The Morgan fingerprint density at radius 3 is 3.07 bits per heavy atom. The number of pyridine rings is 1. The van der Waals surface area contributed by atoms with Gasteiger partial charge in [0.15, 0.2) is 0 Å². The highest BCUT2D eigenvalue weighted by Crippen LogP contribution is 2.25. The third kappa shape index (κ3) is 1.79. The van der Waals surface area contributed by atoms with Crippen molar-refractivity contribution < 1.29 is 4.74 Å². The van der Waals surface area contributed by atoms with Crippen LogP contribution in [0, 0.1) is 6.92 Å². The molecule has 0 saturated carbocycles. The SMILES string of the molecule is CC[C@H](C)Oc1nccc2n[nH]c(C)c12. The van der Waals surface area contributed by atoms with Crippen molar-refractivity contribution in [3.63, 3.8) is 0 Å². The molecule has 1 atom stereocenters. The van der Waals surface area contributed by atoms with Gasteiger partial charge in [-0.3, -0.25) is 5.10 Å². The zero-order valence-electron chi connectivity index (χ0n) is 9.24. The normalized spacial score (nSPS) is 13.0. The smallest absolute Gasteiger partial charge is 0.225 e. The Hall–Kier alpha value is -1.58. The van der Waals surface area contributed by atoms with Crippen LogP contribution in [-0.4, -0.2) is 21.3 Å². The van der Waals surface area contributed by atoms with Crippen LogP contribution in [0.4, 0.5) is 0 Å². The second-order valence-corrected chi connectivity index (χ2v) is 3.70. The molecule has 2 aromatic heterocycles. The Morgan fingerprint density at radius 2 is 2.33 bits per heavy atom. The summed E-state index contributed by atoms with van der Waals surface area (Å²) in [5.74, 6) is 0.674. The van der Waals surface area contributed by atoms with Gasteiger partial charge in [0.2, 0.25) is 5.88 Å². The summed E-state index contributed by atoms with van der Waals surface area (Å²) in [5, 5.41) is 8.09. The minimum absolute atomic E-state index is 0.178. The van der Waals surface area contributed by atoms with E-state index in [4.69, 9.17) is 4.74 Å². The van der Waals surface area contributed by atoms with Gasteiger partial charge in [-0.1, -0.05) is 6.92 Å². The Kier molecular flexibility index (Phi) is 2.58. The first kappa shape index (κ1) is 9.96. The highest BCUT2D eigenvalue weighted by atomic mass is 16.5. The van der Waals surface area contributed by atoms with E-state index in [9.17, 15) is 0 Å². The lowest BCUT2D eigenvalue weighted by Gasteiger charge is -2.11. The summed E-state index contributed by atoms with van der Waals surface area (Å²) < 4.78 is 5.74. The summed E-state index contributed by atoms with van der Waals surface area (Å²) in [5.41, 5.74) is 1.90. The maximum atomic E-state index is 5.74. The van der Waals surface area contributed by atoms with Gasteiger partial charge in [0.05, 0.1) is 17.0 Å². The molecule has 4 nitrogen and oxygen atoms in total. The second kappa shape index (κ2) is 3.88. The third-order valence-electron chi connectivity index (χ3n) is 2.50. The molecular weight excluding hydrogens is 190 g/mol. The van der Waals surface area contributed by atoms with Gasteiger partial charge in [-0.05, 0) is 26.3 Å². The van der Waals surface area contributed by atoms with Gasteiger partial charge in [-0.2, -0.15) is 5.10 Å². The summed E-state index contributed by atoms with van der Waals surface area (Å²) in [7, 11) is 0. The predicted octanol–water partition coefficient (Wildman–Crippen LogP) is 2.44. The van der Waals surface area contributed by atoms with Crippen molar-refractivity contribution in [3.05, 3.63) is 18.0 Å². The lowest BCUT2D eigenvalue weighted by Crippen LogP contribution is -2.10. The topological polar surface area (TPSA) is 50.8 Å². The molecule has 0 aliphatic rings. The molecule has 0 saturated heterocycles. The number of rotatable bonds is 3. The molecule has 0 unspecified atom stereocenters. The monoisotopic (exact) mass is 205 g/mol. The molecule has 80 valence electrons. The van der Waals surface area contributed by atoms with Crippen molar-refractivity contribution in [3.8, 4) is 5.88 Å². The summed E-state index contributed by atoms with van der Waals surface area (Å²) in [6.07, 6.45) is 2.87. The van der Waals surface area contributed by atoms with Crippen LogP contribution in [0.1, 0.15) is 26.0 Å². The number of hydrogen-bond donors (Lipinski definition) is 1. The second-order valence-electron chi connectivity index (χ2n) is 3.70. The van der Waals surface area contributed by atoms with Crippen LogP contribution in [0.3, 0.4) is 0 Å². The number of aryl methyl sites for hydroxylation is 1. The highest BCUT2D eigenvalue weighted by Gasteiger charge is 2.11. The van der Waals surface area contributed by atoms with E-state index < -0.39 is 0 Å². The van der Waals surface area contributed by atoms with Gasteiger partial charge < -0.3 is 4.74 Å². The fraction of sp³-hybridized carbons (Fsp3) is 0.455. The maximum Gasteiger partial charge on any atom is 0.225 e. The van der Waals surface area contributed by atoms with Crippen LogP contribution in [0.5, 0.6) is 5.88 Å². The molecule has 0 fully saturated rings. The van der Waals surface area contributed by atoms with Crippen molar-refractivity contribution in [1.82, 2.24) is 15.2 Å². The molecule has 0 bridgehead atoms. The van der Waals surface area contributed by atoms with Crippen molar-refractivity contribution >= 4 is 10.9 Å². The van der Waals surface area contributed by atoms with E-state index in [-0.39, 0.29) is 6.10 Å². The molecule has 15 heavy (non-hydrogen) atoms. The Bertz CT molecular complexity index is 464. The first-order valence-corrected chi connectivity index (χ1v) is 5.18. The van der Waals surface area contributed by atoms with E-state index in [0.717, 1.165) is 23.0 Å². The zero-order chi connectivity index (χ0) is 10.8. The van der Waals surface area contributed by atoms with Gasteiger partial charge in [0, 0.05) is 11.9 Å². The first-order valence-electron chi connectivity index (χ1n) is 5.18. The van der Waals surface area contributed by atoms with Gasteiger partial charge in [-0.15, -0.1) is 0 Å². The minimum atomic E-state index is 0.178. The summed E-state index contributed by atoms with van der Waals surface area (Å²) in [4.78, 5) is 4.25. The summed E-state index contributed by atoms with van der Waals surface area (Å²) in [6, 6.07) is 1.88. The lowest BCUT2D eigenvalue weighted by molar-refractivity contribution is 0.211. The summed E-state index contributed by atoms with van der Waals surface area (Å²) >= 11 is 0. The number of aromatic nitrogens is 3. The van der Waals surface area contributed by atoms with Gasteiger partial charge in [0.1, 0.15) is 0 Å². The van der Waals surface area contributed by atoms with Crippen LogP contribution in [-0.2, 0) is 0 Å². The van der Waals surface area contributed by atoms with Gasteiger partial charge in [0.25, 0.3) is 0 Å². The van der Waals surface area contributed by atoms with E-state index in [0.29, 0.717) is 5.88 Å². The van der Waals surface area contributed by atoms with Crippen LogP contribution in [0.15, 0.2) is 12.3 Å². The zero-order valence-corrected chi connectivity index (χ0v) is 9.24. The quantitative estimate of drug-likeness (QED) is 0.837. The fourth-order valence-electron chi connectivity index (χ4n) is 1.44. The number of fused-ring (bicyclic) bond motifs is 1. The molecule has 0 radical (unpaired) electrons. The molecule has 2 aromatic rings. The molecule has 0 spiro atoms. The lowest BCUT2D eigenvalue weighted by atomic mass is 10.2. The van der Waals surface area contributed by atoms with Crippen LogP contribution >= 0.6 is 0 Å². The van der Waals surface area contributed by atoms with Crippen LogP contribution in [0.25, 0.3) is 10.9 Å². The number of hydrogen-bond acceptors (Lipinski definition) is 3. The highest BCUT2D eigenvalue weighted by molar-refractivity contribution is 5.85. The van der Waals surface area contributed by atoms with E-state index in [1.807, 2.05) is 19.9 Å². The molecule has 0 aliphatic heterocycles. The van der Waals surface area contributed by atoms with Crippen LogP contribution in [0.2, 0.25) is 0 Å².